The van der Waals surface area contributed by atoms with Crippen molar-refractivity contribution >= 4 is 12.0 Å². The first kappa shape index (κ1) is 13.1. The number of aliphatic carboxylic acids is 1. The number of amides is 2. The molecule has 6 nitrogen and oxygen atoms in total. The minimum Gasteiger partial charge on any atom is -0.481 e. The molecule has 2 rings (SSSR count). The number of carboxylic acid groups (broad SMARTS) is 1. The van der Waals surface area contributed by atoms with Gasteiger partial charge in [-0.25, -0.2) is 4.79 Å². The molecule has 0 aromatic heterocycles. The fourth-order valence-electron chi connectivity index (χ4n) is 2.21. The van der Waals surface area contributed by atoms with E-state index in [2.05, 4.69) is 17.1 Å². The Labute approximate surface area is 107 Å². The number of hydrogen-bond acceptors (Lipinski definition) is 3. The summed E-state index contributed by atoms with van der Waals surface area (Å²) in [6, 6.07) is 0.210. The Morgan fingerprint density at radius 2 is 2.06 bits per heavy atom. The second kappa shape index (κ2) is 4.76. The van der Waals surface area contributed by atoms with Crippen molar-refractivity contribution in [2.75, 3.05) is 33.2 Å². The van der Waals surface area contributed by atoms with E-state index in [0.29, 0.717) is 32.0 Å². The molecule has 6 heteroatoms. The lowest BCUT2D eigenvalue weighted by Gasteiger charge is -2.37. The van der Waals surface area contributed by atoms with E-state index < -0.39 is 11.4 Å². The Hall–Kier alpha value is -1.30. The molecule has 2 amide bonds. The SMILES string of the molecule is CC1CN(C(=O)NCC2(C(=O)O)CC2)CCN1C. The average molecular weight is 255 g/mol. The van der Waals surface area contributed by atoms with Gasteiger partial charge in [0.2, 0.25) is 0 Å². The summed E-state index contributed by atoms with van der Waals surface area (Å²) in [4.78, 5) is 26.9. The van der Waals surface area contributed by atoms with E-state index in [4.69, 9.17) is 5.11 Å². The number of urea groups is 1. The van der Waals surface area contributed by atoms with Gasteiger partial charge in [0, 0.05) is 32.2 Å². The lowest BCUT2D eigenvalue weighted by molar-refractivity contribution is -0.143. The summed E-state index contributed by atoms with van der Waals surface area (Å²) >= 11 is 0. The van der Waals surface area contributed by atoms with Crippen LogP contribution in [0, 0.1) is 5.41 Å². The van der Waals surface area contributed by atoms with E-state index in [1.807, 2.05) is 7.05 Å². The fourth-order valence-corrected chi connectivity index (χ4v) is 2.21. The summed E-state index contributed by atoms with van der Waals surface area (Å²) in [5.74, 6) is -0.797. The molecule has 1 atom stereocenters. The van der Waals surface area contributed by atoms with Gasteiger partial charge in [0.05, 0.1) is 5.41 Å². The van der Waals surface area contributed by atoms with Gasteiger partial charge in [-0.05, 0) is 26.8 Å². The van der Waals surface area contributed by atoms with Gasteiger partial charge in [-0.1, -0.05) is 0 Å². The Bertz CT molecular complexity index is 354. The van der Waals surface area contributed by atoms with Gasteiger partial charge in [0.25, 0.3) is 0 Å². The maximum Gasteiger partial charge on any atom is 0.317 e. The molecule has 0 radical (unpaired) electrons. The zero-order valence-electron chi connectivity index (χ0n) is 11.0. The van der Waals surface area contributed by atoms with E-state index in [1.54, 1.807) is 4.90 Å². The van der Waals surface area contributed by atoms with Crippen LogP contribution in [-0.4, -0.2) is 66.2 Å². The average Bonchev–Trinajstić information content (AvgIpc) is 3.11. The first-order chi connectivity index (χ1) is 8.44. The highest BCUT2D eigenvalue weighted by Gasteiger charge is 2.50. The molecule has 2 fully saturated rings. The standard InChI is InChI=1S/C12H21N3O3/c1-9-7-15(6-5-14(9)2)11(18)13-8-12(3-4-12)10(16)17/h9H,3-8H2,1-2H3,(H,13,18)(H,16,17). The second-order valence-electron chi connectivity index (χ2n) is 5.52. The number of rotatable bonds is 3. The largest absolute Gasteiger partial charge is 0.481 e. The van der Waals surface area contributed by atoms with E-state index in [9.17, 15) is 9.59 Å². The van der Waals surface area contributed by atoms with E-state index >= 15 is 0 Å². The lowest BCUT2D eigenvalue weighted by atomic mass is 10.1. The van der Waals surface area contributed by atoms with Crippen molar-refractivity contribution in [3.05, 3.63) is 0 Å². The zero-order chi connectivity index (χ0) is 13.3. The number of carboxylic acids is 1. The van der Waals surface area contributed by atoms with Crippen LogP contribution in [0.4, 0.5) is 4.79 Å². The van der Waals surface area contributed by atoms with Crippen LogP contribution in [0.15, 0.2) is 0 Å². The molecule has 0 aromatic rings. The van der Waals surface area contributed by atoms with Gasteiger partial charge in [0.15, 0.2) is 0 Å². The lowest BCUT2D eigenvalue weighted by Crippen LogP contribution is -2.55. The van der Waals surface area contributed by atoms with Crippen LogP contribution in [-0.2, 0) is 4.79 Å². The molecule has 1 saturated heterocycles. The van der Waals surface area contributed by atoms with Crippen molar-refractivity contribution in [3.63, 3.8) is 0 Å². The van der Waals surface area contributed by atoms with Gasteiger partial charge in [0.1, 0.15) is 0 Å². The van der Waals surface area contributed by atoms with Gasteiger partial charge < -0.3 is 20.2 Å². The third-order valence-corrected chi connectivity index (χ3v) is 4.13. The molecular weight excluding hydrogens is 234 g/mol. The maximum absolute atomic E-state index is 12.0. The third-order valence-electron chi connectivity index (χ3n) is 4.13. The normalized spacial score (nSPS) is 26.8. The molecule has 0 aromatic carbocycles. The molecule has 102 valence electrons. The molecule has 1 aliphatic carbocycles. The quantitative estimate of drug-likeness (QED) is 0.755. The van der Waals surface area contributed by atoms with Gasteiger partial charge in [-0.15, -0.1) is 0 Å². The van der Waals surface area contributed by atoms with Crippen LogP contribution in [0.2, 0.25) is 0 Å². The number of nitrogens with one attached hydrogen (secondary N) is 1. The molecule has 2 N–H and O–H groups in total. The van der Waals surface area contributed by atoms with Gasteiger partial charge in [-0.2, -0.15) is 0 Å². The van der Waals surface area contributed by atoms with Crippen molar-refractivity contribution in [3.8, 4) is 0 Å². The summed E-state index contributed by atoms with van der Waals surface area (Å²) in [5.41, 5.74) is -0.687. The molecule has 18 heavy (non-hydrogen) atoms. The van der Waals surface area contributed by atoms with Crippen LogP contribution >= 0.6 is 0 Å². The highest BCUT2D eigenvalue weighted by atomic mass is 16.4. The summed E-state index contributed by atoms with van der Waals surface area (Å²) < 4.78 is 0. The predicted molar refractivity (Wildman–Crippen MR) is 66.4 cm³/mol. The first-order valence-corrected chi connectivity index (χ1v) is 6.41. The van der Waals surface area contributed by atoms with Gasteiger partial charge in [-0.3, -0.25) is 4.79 Å². The zero-order valence-corrected chi connectivity index (χ0v) is 11.0. The third kappa shape index (κ3) is 2.58. The number of likely N-dealkylation sites (N-methyl/N-ethyl adjacent to an activating group) is 1. The molecule has 1 aliphatic heterocycles. The Kier molecular flexibility index (Phi) is 3.47. The number of piperazine rings is 1. The van der Waals surface area contributed by atoms with E-state index in [1.165, 1.54) is 0 Å². The van der Waals surface area contributed by atoms with Crippen molar-refractivity contribution in [2.45, 2.75) is 25.8 Å². The summed E-state index contributed by atoms with van der Waals surface area (Å²) in [5, 5.41) is 11.8. The summed E-state index contributed by atoms with van der Waals surface area (Å²) in [6.07, 6.45) is 1.34. The minimum absolute atomic E-state index is 0.137. The molecule has 0 spiro atoms. The van der Waals surface area contributed by atoms with E-state index in [-0.39, 0.29) is 12.6 Å². The Morgan fingerprint density at radius 3 is 2.56 bits per heavy atom. The number of hydrogen-bond donors (Lipinski definition) is 2. The predicted octanol–water partition coefficient (Wildman–Crippen LogP) is 0.197. The maximum atomic E-state index is 12.0. The fraction of sp³-hybridized carbons (Fsp3) is 0.833. The number of nitrogens with zero attached hydrogens (tertiary/aromatic N) is 2. The van der Waals surface area contributed by atoms with Crippen LogP contribution in [0.1, 0.15) is 19.8 Å². The summed E-state index contributed by atoms with van der Waals surface area (Å²) in [6.45, 7) is 4.59. The van der Waals surface area contributed by atoms with Crippen molar-refractivity contribution < 1.29 is 14.7 Å². The Morgan fingerprint density at radius 1 is 1.39 bits per heavy atom. The number of carbonyl (C=O) groups excluding carboxylic acids is 1. The molecule has 1 heterocycles. The van der Waals surface area contributed by atoms with Crippen molar-refractivity contribution in [1.29, 1.82) is 0 Å². The molecule has 1 unspecified atom stereocenters. The van der Waals surface area contributed by atoms with Crippen LogP contribution in [0.25, 0.3) is 0 Å². The monoisotopic (exact) mass is 255 g/mol. The first-order valence-electron chi connectivity index (χ1n) is 6.41. The van der Waals surface area contributed by atoms with Crippen LogP contribution < -0.4 is 5.32 Å². The Balaban J connectivity index is 1.80. The van der Waals surface area contributed by atoms with E-state index in [0.717, 1.165) is 6.54 Å². The highest BCUT2D eigenvalue weighted by Crippen LogP contribution is 2.45. The van der Waals surface area contributed by atoms with Crippen LogP contribution in [0.5, 0.6) is 0 Å². The molecule has 1 saturated carbocycles. The second-order valence-corrected chi connectivity index (χ2v) is 5.52. The minimum atomic E-state index is -0.797. The number of carbonyl (C=O) groups is 2. The van der Waals surface area contributed by atoms with Crippen molar-refractivity contribution in [2.24, 2.45) is 5.41 Å². The topological polar surface area (TPSA) is 72.9 Å². The molecule has 2 aliphatic rings. The highest BCUT2D eigenvalue weighted by molar-refractivity contribution is 5.80. The smallest absolute Gasteiger partial charge is 0.317 e. The molecular formula is C12H21N3O3. The molecule has 0 bridgehead atoms. The van der Waals surface area contributed by atoms with Gasteiger partial charge >= 0.3 is 12.0 Å². The van der Waals surface area contributed by atoms with Crippen LogP contribution in [0.3, 0.4) is 0 Å². The van der Waals surface area contributed by atoms with Crippen molar-refractivity contribution in [1.82, 2.24) is 15.1 Å². The summed E-state index contributed by atoms with van der Waals surface area (Å²) in [7, 11) is 2.05.